The zero-order valence-electron chi connectivity index (χ0n) is 66.8. The summed E-state index contributed by atoms with van der Waals surface area (Å²) in [7, 11) is 1.31. The summed E-state index contributed by atoms with van der Waals surface area (Å²) in [6.45, 7) is 5.27. The highest BCUT2D eigenvalue weighted by Gasteiger charge is 2.29. The quantitative estimate of drug-likeness (QED) is 0.00919. The maximum absolute atomic E-state index is 13.8. The van der Waals surface area contributed by atoms with Crippen LogP contribution in [0.3, 0.4) is 0 Å². The second kappa shape index (κ2) is 50.2. The number of rotatable bonds is 38. The van der Waals surface area contributed by atoms with Crippen molar-refractivity contribution in [3.05, 3.63) is 321 Å². The first-order valence-corrected chi connectivity index (χ1v) is 40.2. The van der Waals surface area contributed by atoms with Crippen molar-refractivity contribution in [3.8, 4) is 23.0 Å². The molecule has 5 atom stereocenters. The monoisotopic (exact) mass is 1650 g/mol. The number of carbonyl (C=O) groups excluding carboxylic acids is 6. The van der Waals surface area contributed by atoms with Crippen LogP contribution >= 0.6 is 11.6 Å². The lowest BCUT2D eigenvalue weighted by molar-refractivity contribution is -0.146. The van der Waals surface area contributed by atoms with Gasteiger partial charge in [-0.3, -0.25) is 28.8 Å². The number of aliphatic carboxylic acids is 4. The predicted molar refractivity (Wildman–Crippen MR) is 462 cm³/mol. The number of hydrogen-bond donors (Lipinski definition) is 4. The highest BCUT2D eigenvalue weighted by molar-refractivity contribution is 6.31. The van der Waals surface area contributed by atoms with E-state index in [0.29, 0.717) is 90.1 Å². The van der Waals surface area contributed by atoms with Crippen LogP contribution in [0.4, 0.5) is 4.39 Å². The van der Waals surface area contributed by atoms with E-state index in [9.17, 15) is 67.7 Å². The SMILES string of the molecule is C.C=CCCC(Oc1ccc(C(=O)/C=C/c2ccccc2)cc1)C(=O)O.COC(=O)C(C)c1ccc(OC(CCC2=CCCCC2)C(=O)O)c(C(=O)/C=C/c2ccccc2)c1.O=C(CC(=O)c1ccc(Cl)cc1OC(CCC1=CCCCC1)C(=O)O)c1ccccc1.O=C(c1ccc(OC(CCC2=CCCCC2)C(=O)O)cc1)c1ccccc1F. The summed E-state index contributed by atoms with van der Waals surface area (Å²) in [6.07, 6.45) is 27.1. The first-order valence-electron chi connectivity index (χ1n) is 39.9. The zero-order chi connectivity index (χ0) is 85.4. The van der Waals surface area contributed by atoms with Crippen molar-refractivity contribution in [1.82, 2.24) is 0 Å². The summed E-state index contributed by atoms with van der Waals surface area (Å²) in [4.78, 5) is 122. The molecule has 3 aliphatic carbocycles. The minimum atomic E-state index is -1.11. The van der Waals surface area contributed by atoms with E-state index in [1.54, 1.807) is 116 Å². The lowest BCUT2D eigenvalue weighted by Gasteiger charge is -2.20. The highest BCUT2D eigenvalue weighted by Crippen LogP contribution is 2.33. The average molecular weight is 1650 g/mol. The van der Waals surface area contributed by atoms with E-state index < -0.39 is 77.6 Å². The fraction of sp³-hybridized carbons (Fsp3) is 0.293. The number of ether oxygens (including phenoxy) is 5. The first-order chi connectivity index (χ1) is 57.5. The van der Waals surface area contributed by atoms with Crippen LogP contribution in [0, 0.1) is 5.82 Å². The van der Waals surface area contributed by atoms with Gasteiger partial charge in [0, 0.05) is 21.7 Å². The summed E-state index contributed by atoms with van der Waals surface area (Å²) < 4.78 is 41.3. The number of halogens is 2. The molecule has 0 fully saturated rings. The third-order valence-corrected chi connectivity index (χ3v) is 20.2. The molecule has 0 spiro atoms. The molecule has 0 radical (unpaired) electrons. The van der Waals surface area contributed by atoms with Gasteiger partial charge in [-0.1, -0.05) is 181 Å². The molecule has 0 saturated carbocycles. The van der Waals surface area contributed by atoms with Gasteiger partial charge in [-0.05, 0) is 255 Å². The van der Waals surface area contributed by atoms with Gasteiger partial charge in [0.15, 0.2) is 53.3 Å². The topological polar surface area (TPSA) is 298 Å². The van der Waals surface area contributed by atoms with Crippen molar-refractivity contribution in [2.75, 3.05) is 7.11 Å². The van der Waals surface area contributed by atoms with Crippen LogP contribution in [0.2, 0.25) is 5.02 Å². The summed E-state index contributed by atoms with van der Waals surface area (Å²) in [6, 6.07) is 55.1. The van der Waals surface area contributed by atoms with Crippen LogP contribution in [0.25, 0.3) is 12.2 Å². The van der Waals surface area contributed by atoms with Crippen LogP contribution in [-0.4, -0.2) is 111 Å². The van der Waals surface area contributed by atoms with E-state index in [0.717, 1.165) is 75.3 Å². The Morgan fingerprint density at radius 3 is 1.35 bits per heavy atom. The van der Waals surface area contributed by atoms with Crippen molar-refractivity contribution < 1.29 is 96.4 Å². The molecule has 0 bridgehead atoms. The normalized spacial score (nSPS) is 14.1. The van der Waals surface area contributed by atoms with E-state index in [1.165, 1.54) is 97.4 Å². The lowest BCUT2D eigenvalue weighted by atomic mass is 9.95. The predicted octanol–water partition coefficient (Wildman–Crippen LogP) is 22.1. The van der Waals surface area contributed by atoms with Crippen LogP contribution in [-0.2, 0) is 28.7 Å². The summed E-state index contributed by atoms with van der Waals surface area (Å²) in [5.74, 6) is -6.41. The van der Waals surface area contributed by atoms with E-state index in [-0.39, 0.29) is 59.4 Å². The molecule has 11 rings (SSSR count). The highest BCUT2D eigenvalue weighted by atomic mass is 35.5. The van der Waals surface area contributed by atoms with Crippen molar-refractivity contribution in [2.45, 2.75) is 180 Å². The Morgan fingerprint density at radius 2 is 0.892 bits per heavy atom. The van der Waals surface area contributed by atoms with E-state index in [2.05, 4.69) is 24.8 Å². The number of ketones is 5. The van der Waals surface area contributed by atoms with E-state index >= 15 is 0 Å². The Balaban J connectivity index is 0.000000221. The molecule has 0 saturated heterocycles. The lowest BCUT2D eigenvalue weighted by Crippen LogP contribution is -2.28. The number of carboxylic acids is 4. The fourth-order valence-electron chi connectivity index (χ4n) is 13.2. The van der Waals surface area contributed by atoms with E-state index in [1.807, 2.05) is 60.7 Å². The molecule has 3 aliphatic rings. The molecule has 5 unspecified atom stereocenters. The third-order valence-electron chi connectivity index (χ3n) is 20.0. The molecule has 120 heavy (non-hydrogen) atoms. The first kappa shape index (κ1) is 94.5. The largest absolute Gasteiger partial charge is 0.479 e. The molecule has 4 N–H and O–H groups in total. The smallest absolute Gasteiger partial charge is 0.344 e. The van der Waals surface area contributed by atoms with Gasteiger partial charge in [-0.15, -0.1) is 6.58 Å². The van der Waals surface area contributed by atoms with Crippen molar-refractivity contribution in [3.63, 3.8) is 0 Å². The molecule has 21 heteroatoms. The molecular formula is C99H104ClFO19. The van der Waals surface area contributed by atoms with Gasteiger partial charge in [0.1, 0.15) is 28.8 Å². The average Bonchev–Trinajstić information content (AvgIpc) is 0.818. The summed E-state index contributed by atoms with van der Waals surface area (Å²) in [5.41, 5.74) is 7.81. The van der Waals surface area contributed by atoms with Crippen molar-refractivity contribution in [2.24, 2.45) is 0 Å². The maximum Gasteiger partial charge on any atom is 0.344 e. The molecule has 0 aliphatic heterocycles. The number of hydrogen-bond acceptors (Lipinski definition) is 15. The molecule has 0 amide bonds. The Kier molecular flexibility index (Phi) is 39.5. The molecule has 0 aromatic heterocycles. The molecule has 8 aromatic rings. The number of benzene rings is 8. The van der Waals surface area contributed by atoms with Crippen molar-refractivity contribution >= 4 is 82.5 Å². The second-order valence-corrected chi connectivity index (χ2v) is 29.1. The molecule has 628 valence electrons. The second-order valence-electron chi connectivity index (χ2n) is 28.7. The van der Waals surface area contributed by atoms with Gasteiger partial charge in [0.25, 0.3) is 0 Å². The Labute approximate surface area is 705 Å². The number of Topliss-reactive ketones (excluding diaryl/α,β-unsaturated/α-hetero) is 2. The third kappa shape index (κ3) is 31.3. The zero-order valence-corrected chi connectivity index (χ0v) is 67.5. The van der Waals surface area contributed by atoms with Gasteiger partial charge in [0.05, 0.1) is 36.1 Å². The molecule has 0 heterocycles. The number of allylic oxidation sites excluding steroid dienone is 9. The minimum Gasteiger partial charge on any atom is -0.479 e. The standard InChI is InChI=1S/C29H32O6.C25H25ClO5.C23H23FO4.C21H20O4.CH4/c1-20(29(33)34-2)23-15-18-26(24(19-23)25(30)16-13-21-9-5-3-6-10-21)35-27(28(31)32)17-14-22-11-7-4-8-12-22;26-19-12-13-20(22(28)16-21(27)18-9-5-2-6-10-18)24(15-19)31-23(25(29)30)14-11-17-7-3-1-4-8-17;24-20-9-5-4-8-19(20)22(25)17-11-13-18(14-12-17)28-21(23(26)27)15-10-16-6-2-1-3-7-16;1-2-3-9-20(21(23)24)25-18-13-11-17(12-14-18)19(22)15-10-16-7-5-4-6-8-16;/h3,5-6,9-11,13,15-16,18-20,27H,4,7-8,12,14,17H2,1-2H3,(H,31,32);2,5-7,9-10,12-13,15,23H,1,3-4,8,11,14,16H2,(H,29,30);4-6,8-9,11-14,21H,1-3,7,10,15H2,(H,26,27);2,4-8,10-15,20H,1,3,9H2,(H,23,24);1H4/b16-13+;;;15-10+;. The number of methoxy groups -OCH3 is 1. The summed E-state index contributed by atoms with van der Waals surface area (Å²) >= 11 is 6.07. The van der Waals surface area contributed by atoms with Gasteiger partial charge >= 0.3 is 29.8 Å². The minimum absolute atomic E-state index is 0. The van der Waals surface area contributed by atoms with Crippen LogP contribution < -0.4 is 18.9 Å². The van der Waals surface area contributed by atoms with Crippen LogP contribution in [0.5, 0.6) is 23.0 Å². The number of carbonyl (C=O) groups is 10. The Bertz CT molecular complexity index is 4930. The molecule has 8 aromatic carbocycles. The Hall–Kier alpha value is -12.7. The van der Waals surface area contributed by atoms with E-state index in [4.69, 9.17) is 40.4 Å². The Morgan fingerprint density at radius 1 is 0.450 bits per heavy atom. The maximum atomic E-state index is 13.8. The van der Waals surface area contributed by atoms with Crippen LogP contribution in [0.1, 0.15) is 229 Å². The van der Waals surface area contributed by atoms with Gasteiger partial charge < -0.3 is 44.1 Å². The van der Waals surface area contributed by atoms with Crippen molar-refractivity contribution in [1.29, 1.82) is 0 Å². The van der Waals surface area contributed by atoms with Gasteiger partial charge in [-0.25, -0.2) is 23.6 Å². The summed E-state index contributed by atoms with van der Waals surface area (Å²) in [5, 5.41) is 38.4. The van der Waals surface area contributed by atoms with Gasteiger partial charge in [-0.2, -0.15) is 0 Å². The number of carboxylic acid groups (broad SMARTS) is 4. The fourth-order valence-corrected chi connectivity index (χ4v) is 13.4. The van der Waals surface area contributed by atoms with Crippen LogP contribution in [0.15, 0.2) is 260 Å². The molecule has 19 nitrogen and oxygen atoms in total. The number of esters is 1. The van der Waals surface area contributed by atoms with Gasteiger partial charge in [0.2, 0.25) is 0 Å². The molecular weight excluding hydrogens is 1550 g/mol.